The lowest BCUT2D eigenvalue weighted by Gasteiger charge is -2.60. The van der Waals surface area contributed by atoms with E-state index in [0.717, 1.165) is 40.4 Å². The summed E-state index contributed by atoms with van der Waals surface area (Å²) in [6.07, 6.45) is -0.114. The number of aliphatic hydroxyl groups excluding tert-OH is 1. The molecule has 0 unspecified atom stereocenters. The van der Waals surface area contributed by atoms with Crippen LogP contribution in [0.5, 0.6) is 17.4 Å². The second kappa shape index (κ2) is 20.0. The minimum Gasteiger partial charge on any atom is -0.507 e. The van der Waals surface area contributed by atoms with E-state index in [-0.39, 0.29) is 65.5 Å². The van der Waals surface area contributed by atoms with Gasteiger partial charge >= 0.3 is 0 Å². The number of carbonyl (C=O) groups excluding carboxylic acids is 3. The quantitative estimate of drug-likeness (QED) is 0.0838. The fourth-order valence-corrected chi connectivity index (χ4v) is 10.5. The molecule has 4 atom stereocenters. The van der Waals surface area contributed by atoms with E-state index in [1.54, 1.807) is 47.7 Å². The number of nitrogens with two attached hydrogens (primary N) is 1. The van der Waals surface area contributed by atoms with Gasteiger partial charge in [0.1, 0.15) is 30.0 Å². The molecule has 360 valence electrons. The van der Waals surface area contributed by atoms with Crippen molar-refractivity contribution >= 4 is 34.9 Å². The summed E-state index contributed by atoms with van der Waals surface area (Å²) in [5, 5.41) is 36.2. The van der Waals surface area contributed by atoms with Gasteiger partial charge in [-0.15, -0.1) is 21.5 Å². The van der Waals surface area contributed by atoms with Crippen molar-refractivity contribution in [2.24, 2.45) is 11.3 Å². The summed E-state index contributed by atoms with van der Waals surface area (Å²) in [6, 6.07) is 24.6. The van der Waals surface area contributed by atoms with Gasteiger partial charge in [-0.3, -0.25) is 19.3 Å². The molecule has 9 rings (SSSR count). The Morgan fingerprint density at radius 2 is 1.71 bits per heavy atom. The third-order valence-electron chi connectivity index (χ3n) is 13.3. The van der Waals surface area contributed by atoms with Crippen LogP contribution < -0.4 is 20.5 Å². The van der Waals surface area contributed by atoms with Crippen LogP contribution in [-0.4, -0.2) is 128 Å². The third kappa shape index (κ3) is 10.3. The van der Waals surface area contributed by atoms with Gasteiger partial charge in [0.25, 0.3) is 11.8 Å². The van der Waals surface area contributed by atoms with Crippen LogP contribution in [0.1, 0.15) is 72.1 Å². The van der Waals surface area contributed by atoms with Gasteiger partial charge in [0.2, 0.25) is 11.8 Å². The smallest absolute Gasteiger partial charge is 0.254 e. The molecule has 6 aromatic rings. The molecule has 3 amide bonds. The van der Waals surface area contributed by atoms with Gasteiger partial charge < -0.3 is 45.1 Å². The van der Waals surface area contributed by atoms with Crippen LogP contribution in [0, 0.1) is 18.3 Å². The summed E-state index contributed by atoms with van der Waals surface area (Å²) in [5.41, 5.74) is 13.5. The Labute approximate surface area is 404 Å². The number of aryl methyl sites for hydroxylation is 1. The van der Waals surface area contributed by atoms with Gasteiger partial charge in [0, 0.05) is 80.8 Å². The fraction of sp³-hybridized carbons (Fsp3) is 0.392. The number of aromatic nitrogens is 4. The molecular weight excluding hydrogens is 899 g/mol. The summed E-state index contributed by atoms with van der Waals surface area (Å²) < 4.78 is 17.6. The maximum absolute atomic E-state index is 14.2. The number of rotatable bonds is 17. The first-order valence-electron chi connectivity index (χ1n) is 23.3. The molecule has 3 fully saturated rings. The van der Waals surface area contributed by atoms with E-state index in [4.69, 9.17) is 19.7 Å². The molecule has 69 heavy (non-hydrogen) atoms. The molecule has 5 N–H and O–H groups in total. The number of nitrogens with zero attached hydrogens (tertiary/aromatic N) is 7. The Bertz CT molecular complexity index is 2780. The first-order chi connectivity index (χ1) is 33.2. The number of nitrogen functional groups attached to an aromatic ring is 1. The average Bonchev–Trinajstić information content (AvgIpc) is 4.07. The van der Waals surface area contributed by atoms with Gasteiger partial charge in [-0.1, -0.05) is 62.4 Å². The van der Waals surface area contributed by atoms with E-state index in [1.807, 2.05) is 86.6 Å². The molecule has 3 aromatic carbocycles. The van der Waals surface area contributed by atoms with E-state index in [9.17, 15) is 24.6 Å². The van der Waals surface area contributed by atoms with Crippen molar-refractivity contribution < 1.29 is 38.6 Å². The van der Waals surface area contributed by atoms with Crippen molar-refractivity contribution in [3.8, 4) is 39.1 Å². The van der Waals surface area contributed by atoms with Gasteiger partial charge in [0.15, 0.2) is 17.3 Å². The standard InChI is InChI=1S/C51H57N9O8S/c1-30(2)45(50(65)60-24-37(61)21-40(60)48(63)54-31(3)34-13-15-35(16-14-34)46-32(4)53-29-69-46)42-23-44(57-68-42)67-20-18-58-25-51(26-58)27-59(28-51)49(64)36-11-9-33(10-12-36)17-19-66-43-22-39(55-56-47(43)52)38-7-5-6-8-41(38)62/h5-16,22-23,29-31,37,40,45,61-62H,17-21,24-28H2,1-4H3,(H2,52,56)(H,54,63)/t31-,37+,40-,45+/m0/s1. The van der Waals surface area contributed by atoms with Crippen molar-refractivity contribution in [1.29, 1.82) is 0 Å². The van der Waals surface area contributed by atoms with Crippen LogP contribution in [0.25, 0.3) is 21.7 Å². The highest BCUT2D eigenvalue weighted by molar-refractivity contribution is 7.13. The number of phenols is 1. The molecule has 3 aromatic heterocycles. The van der Waals surface area contributed by atoms with Crippen LogP contribution in [0.4, 0.5) is 5.82 Å². The van der Waals surface area contributed by atoms with E-state index in [2.05, 4.69) is 30.6 Å². The number of amides is 3. The lowest BCUT2D eigenvalue weighted by molar-refractivity contribution is -0.141. The normalized spacial score (nSPS) is 18.4. The van der Waals surface area contributed by atoms with E-state index in [0.29, 0.717) is 67.6 Å². The molecule has 3 saturated heterocycles. The topological polar surface area (TPSA) is 223 Å². The number of thiazole rings is 1. The van der Waals surface area contributed by atoms with Crippen LogP contribution in [0.3, 0.4) is 0 Å². The lowest BCUT2D eigenvalue weighted by atomic mass is 9.72. The summed E-state index contributed by atoms with van der Waals surface area (Å²) in [7, 11) is 0. The number of β-amino-alcohol motifs (C(OH)–C–C–N with tert-alkyl or cyclic N) is 1. The van der Waals surface area contributed by atoms with Crippen LogP contribution in [0.15, 0.2) is 95.0 Å². The highest BCUT2D eigenvalue weighted by Crippen LogP contribution is 2.40. The number of phenolic OH excluding ortho intramolecular Hbond substituents is 1. The molecule has 17 nitrogen and oxygen atoms in total. The summed E-state index contributed by atoms with van der Waals surface area (Å²) in [4.78, 5) is 52.3. The Kier molecular flexibility index (Phi) is 13.7. The zero-order valence-electron chi connectivity index (χ0n) is 39.1. The lowest BCUT2D eigenvalue weighted by Crippen LogP contribution is -2.73. The van der Waals surface area contributed by atoms with Crippen molar-refractivity contribution in [2.45, 2.75) is 64.6 Å². The molecule has 6 heterocycles. The molecule has 0 saturated carbocycles. The van der Waals surface area contributed by atoms with Crippen molar-refractivity contribution in [3.05, 3.63) is 119 Å². The van der Waals surface area contributed by atoms with Crippen molar-refractivity contribution in [1.82, 2.24) is 40.4 Å². The zero-order chi connectivity index (χ0) is 48.4. The number of nitrogens with one attached hydrogen (secondary N) is 1. The summed E-state index contributed by atoms with van der Waals surface area (Å²) in [5.74, 6) is -0.331. The van der Waals surface area contributed by atoms with Crippen LogP contribution in [-0.2, 0) is 16.0 Å². The van der Waals surface area contributed by atoms with E-state index < -0.39 is 18.1 Å². The molecule has 0 aliphatic carbocycles. The van der Waals surface area contributed by atoms with Crippen LogP contribution in [0.2, 0.25) is 0 Å². The number of benzene rings is 3. The predicted molar refractivity (Wildman–Crippen MR) is 259 cm³/mol. The van der Waals surface area contributed by atoms with Gasteiger partial charge in [-0.2, -0.15) is 0 Å². The Hall–Kier alpha value is -6.89. The highest BCUT2D eigenvalue weighted by Gasteiger charge is 2.53. The second-order valence-corrected chi connectivity index (χ2v) is 19.7. The number of carbonyl (C=O) groups is 3. The van der Waals surface area contributed by atoms with E-state index >= 15 is 0 Å². The highest BCUT2D eigenvalue weighted by atomic mass is 32.1. The molecular formula is C51H57N9O8S. The Morgan fingerprint density at radius 1 is 0.957 bits per heavy atom. The molecule has 3 aliphatic heterocycles. The fourth-order valence-electron chi connectivity index (χ4n) is 9.65. The Morgan fingerprint density at radius 3 is 2.42 bits per heavy atom. The number of anilines is 1. The zero-order valence-corrected chi connectivity index (χ0v) is 39.9. The van der Waals surface area contributed by atoms with Crippen molar-refractivity contribution in [2.75, 3.05) is 58.2 Å². The monoisotopic (exact) mass is 955 g/mol. The number of ether oxygens (including phenoxy) is 2. The van der Waals surface area contributed by atoms with Crippen molar-refractivity contribution in [3.63, 3.8) is 0 Å². The van der Waals surface area contributed by atoms with Gasteiger partial charge in [0.05, 0.1) is 34.8 Å². The first-order valence-corrected chi connectivity index (χ1v) is 24.2. The van der Waals surface area contributed by atoms with Gasteiger partial charge in [-0.25, -0.2) is 4.98 Å². The number of hydrogen-bond donors (Lipinski definition) is 4. The maximum atomic E-state index is 14.2. The summed E-state index contributed by atoms with van der Waals surface area (Å²) in [6.45, 7) is 12.2. The number of aromatic hydroxyl groups is 1. The van der Waals surface area contributed by atoms with Crippen LogP contribution >= 0.6 is 11.3 Å². The third-order valence-corrected chi connectivity index (χ3v) is 14.3. The number of para-hydroxylation sites is 1. The molecule has 1 spiro atoms. The number of aliphatic hydroxyl groups is 1. The minimum absolute atomic E-state index is 0.00658. The average molecular weight is 956 g/mol. The summed E-state index contributed by atoms with van der Waals surface area (Å²) >= 11 is 1.58. The predicted octanol–water partition coefficient (Wildman–Crippen LogP) is 5.89. The minimum atomic E-state index is -0.842. The number of likely N-dealkylation sites (tertiary alicyclic amines) is 3. The molecule has 3 aliphatic rings. The largest absolute Gasteiger partial charge is 0.507 e. The SMILES string of the molecule is Cc1ncsc1-c1ccc([C@H](C)NC(=O)[C@@H]2C[C@@H](O)CN2C(=O)[C@@H](c2cc(OCCN3CC4(C3)CN(C(=O)c3ccc(CCOc5cc(-c6ccccc6O)nnc5N)cc3)C4)no2)C(C)C)cc1. The van der Waals surface area contributed by atoms with Gasteiger partial charge in [-0.05, 0) is 65.9 Å². The maximum Gasteiger partial charge on any atom is 0.254 e. The second-order valence-electron chi connectivity index (χ2n) is 18.8. The van der Waals surface area contributed by atoms with E-state index in [1.165, 1.54) is 4.90 Å². The first kappa shape index (κ1) is 47.2. The number of hydrogen-bond acceptors (Lipinski definition) is 15. The molecule has 0 radical (unpaired) electrons. The molecule has 18 heteroatoms. The Balaban J connectivity index is 0.701. The molecule has 0 bridgehead atoms.